The number of rotatable bonds is 4. The predicted octanol–water partition coefficient (Wildman–Crippen LogP) is 4.14. The number of benzene rings is 2. The number of aryl methyl sites for hydroxylation is 4. The fourth-order valence-electron chi connectivity index (χ4n) is 3.70. The maximum absolute atomic E-state index is 12.6. The van der Waals surface area contributed by atoms with Gasteiger partial charge in [-0.2, -0.15) is 0 Å². The summed E-state index contributed by atoms with van der Waals surface area (Å²) in [7, 11) is 0. The van der Waals surface area contributed by atoms with Crippen LogP contribution in [0, 0.1) is 13.8 Å². The second kappa shape index (κ2) is 7.43. The zero-order valence-electron chi connectivity index (χ0n) is 16.0. The molecule has 0 unspecified atom stereocenters. The van der Waals surface area contributed by atoms with Crippen molar-refractivity contribution in [3.63, 3.8) is 0 Å². The third-order valence-electron chi connectivity index (χ3n) is 5.03. The standard InChI is InChI=1S/C23H22N2O3/c1-14-6-9-21-19(10-14)20(11-15(2)24-21)23(27)28-13-22(26)25-18-8-7-16-4-3-5-17(16)12-18/h6-12H,3-5,13H2,1-2H3,(H,25,26). The molecule has 0 atom stereocenters. The molecule has 3 aromatic rings. The van der Waals surface area contributed by atoms with Crippen molar-refractivity contribution in [3.8, 4) is 0 Å². The Morgan fingerprint density at radius 2 is 1.86 bits per heavy atom. The summed E-state index contributed by atoms with van der Waals surface area (Å²) in [6.07, 6.45) is 3.30. The van der Waals surface area contributed by atoms with Crippen molar-refractivity contribution < 1.29 is 14.3 Å². The van der Waals surface area contributed by atoms with E-state index >= 15 is 0 Å². The Labute approximate surface area is 163 Å². The molecule has 0 fully saturated rings. The van der Waals surface area contributed by atoms with Gasteiger partial charge in [-0.05, 0) is 74.6 Å². The van der Waals surface area contributed by atoms with Crippen LogP contribution in [0.1, 0.15) is 39.2 Å². The van der Waals surface area contributed by atoms with Gasteiger partial charge in [0.25, 0.3) is 5.91 Å². The maximum atomic E-state index is 12.6. The number of carbonyl (C=O) groups excluding carboxylic acids is 2. The highest BCUT2D eigenvalue weighted by atomic mass is 16.5. The fourth-order valence-corrected chi connectivity index (χ4v) is 3.70. The van der Waals surface area contributed by atoms with E-state index in [1.165, 1.54) is 11.1 Å². The van der Waals surface area contributed by atoms with Crippen molar-refractivity contribution >= 4 is 28.5 Å². The SMILES string of the molecule is Cc1ccc2nc(C)cc(C(=O)OCC(=O)Nc3ccc4c(c3)CCC4)c2c1. The number of ether oxygens (including phenoxy) is 1. The Bertz CT molecular complexity index is 1090. The molecule has 1 N–H and O–H groups in total. The number of amides is 1. The van der Waals surface area contributed by atoms with Crippen LogP contribution >= 0.6 is 0 Å². The summed E-state index contributed by atoms with van der Waals surface area (Å²) >= 11 is 0. The zero-order valence-corrected chi connectivity index (χ0v) is 16.0. The molecular weight excluding hydrogens is 352 g/mol. The van der Waals surface area contributed by atoms with Crippen molar-refractivity contribution in [3.05, 3.63) is 70.4 Å². The molecule has 2 aromatic carbocycles. The largest absolute Gasteiger partial charge is 0.452 e. The molecule has 1 aliphatic rings. The van der Waals surface area contributed by atoms with E-state index in [0.29, 0.717) is 5.56 Å². The summed E-state index contributed by atoms with van der Waals surface area (Å²) in [6, 6.07) is 13.4. The number of aromatic nitrogens is 1. The second-order valence-electron chi connectivity index (χ2n) is 7.29. The van der Waals surface area contributed by atoms with Crippen LogP contribution in [0.15, 0.2) is 42.5 Å². The van der Waals surface area contributed by atoms with Crippen LogP contribution in [-0.2, 0) is 22.4 Å². The van der Waals surface area contributed by atoms with Gasteiger partial charge in [-0.15, -0.1) is 0 Å². The lowest BCUT2D eigenvalue weighted by Gasteiger charge is -2.10. The first-order valence-corrected chi connectivity index (χ1v) is 9.46. The molecule has 0 saturated carbocycles. The summed E-state index contributed by atoms with van der Waals surface area (Å²) in [5.74, 6) is -0.872. The number of carbonyl (C=O) groups is 2. The van der Waals surface area contributed by atoms with E-state index in [-0.39, 0.29) is 12.5 Å². The van der Waals surface area contributed by atoms with Crippen molar-refractivity contribution in [2.45, 2.75) is 33.1 Å². The number of hydrogen-bond acceptors (Lipinski definition) is 4. The second-order valence-corrected chi connectivity index (χ2v) is 7.29. The van der Waals surface area contributed by atoms with Crippen LogP contribution in [0.4, 0.5) is 5.69 Å². The van der Waals surface area contributed by atoms with E-state index in [1.807, 2.05) is 44.2 Å². The minimum absolute atomic E-state index is 0.329. The van der Waals surface area contributed by atoms with Gasteiger partial charge in [-0.25, -0.2) is 4.79 Å². The monoisotopic (exact) mass is 374 g/mol. The number of nitrogens with zero attached hydrogens (tertiary/aromatic N) is 1. The van der Waals surface area contributed by atoms with Gasteiger partial charge in [0.1, 0.15) is 0 Å². The van der Waals surface area contributed by atoms with Crippen LogP contribution in [0.25, 0.3) is 10.9 Å². The minimum atomic E-state index is -0.523. The van der Waals surface area contributed by atoms with Crippen LogP contribution in [0.2, 0.25) is 0 Å². The lowest BCUT2D eigenvalue weighted by Crippen LogP contribution is -2.21. The maximum Gasteiger partial charge on any atom is 0.339 e. The first-order chi connectivity index (χ1) is 13.5. The van der Waals surface area contributed by atoms with Gasteiger partial charge in [0.05, 0.1) is 11.1 Å². The van der Waals surface area contributed by atoms with Gasteiger partial charge < -0.3 is 10.1 Å². The van der Waals surface area contributed by atoms with Crippen molar-refractivity contribution in [1.82, 2.24) is 4.98 Å². The molecule has 0 spiro atoms. The molecule has 5 nitrogen and oxygen atoms in total. The van der Waals surface area contributed by atoms with Gasteiger partial charge >= 0.3 is 5.97 Å². The number of pyridine rings is 1. The molecule has 28 heavy (non-hydrogen) atoms. The summed E-state index contributed by atoms with van der Waals surface area (Å²) in [5, 5.41) is 3.54. The van der Waals surface area contributed by atoms with Crippen LogP contribution < -0.4 is 5.32 Å². The van der Waals surface area contributed by atoms with Crippen LogP contribution in [0.5, 0.6) is 0 Å². The molecule has 1 heterocycles. The highest BCUT2D eigenvalue weighted by Crippen LogP contribution is 2.25. The molecule has 4 rings (SSSR count). The molecule has 0 saturated heterocycles. The van der Waals surface area contributed by atoms with Crippen molar-refractivity contribution in [1.29, 1.82) is 0 Å². The molecule has 0 aliphatic heterocycles. The Balaban J connectivity index is 1.45. The summed E-state index contributed by atoms with van der Waals surface area (Å²) in [4.78, 5) is 29.3. The third-order valence-corrected chi connectivity index (χ3v) is 5.03. The smallest absolute Gasteiger partial charge is 0.339 e. The summed E-state index contributed by atoms with van der Waals surface area (Å²) < 4.78 is 5.28. The first-order valence-electron chi connectivity index (χ1n) is 9.46. The average molecular weight is 374 g/mol. The van der Waals surface area contributed by atoms with Gasteiger partial charge in [0.2, 0.25) is 0 Å². The fraction of sp³-hybridized carbons (Fsp3) is 0.261. The van der Waals surface area contributed by atoms with Gasteiger partial charge in [0.15, 0.2) is 6.61 Å². The number of nitrogens with one attached hydrogen (secondary N) is 1. The Hall–Kier alpha value is -3.21. The lowest BCUT2D eigenvalue weighted by molar-refractivity contribution is -0.119. The summed E-state index contributed by atoms with van der Waals surface area (Å²) in [5.41, 5.74) is 6.29. The normalized spacial score (nSPS) is 12.6. The van der Waals surface area contributed by atoms with E-state index in [1.54, 1.807) is 6.07 Å². The number of anilines is 1. The number of esters is 1. The van der Waals surface area contributed by atoms with Crippen molar-refractivity contribution in [2.24, 2.45) is 0 Å². The van der Waals surface area contributed by atoms with E-state index in [9.17, 15) is 9.59 Å². The van der Waals surface area contributed by atoms with Crippen LogP contribution in [0.3, 0.4) is 0 Å². The molecule has 1 aromatic heterocycles. The lowest BCUT2D eigenvalue weighted by atomic mass is 10.1. The topological polar surface area (TPSA) is 68.3 Å². The minimum Gasteiger partial charge on any atom is -0.452 e. The van der Waals surface area contributed by atoms with Crippen LogP contribution in [-0.4, -0.2) is 23.5 Å². The highest BCUT2D eigenvalue weighted by Gasteiger charge is 2.16. The molecule has 0 radical (unpaired) electrons. The Morgan fingerprint density at radius 1 is 1.04 bits per heavy atom. The van der Waals surface area contributed by atoms with Gasteiger partial charge in [-0.1, -0.05) is 17.7 Å². The van der Waals surface area contributed by atoms with Crippen molar-refractivity contribution in [2.75, 3.05) is 11.9 Å². The van der Waals surface area contributed by atoms with E-state index < -0.39 is 5.97 Å². The Kier molecular flexibility index (Phi) is 4.82. The molecular formula is C23H22N2O3. The van der Waals surface area contributed by atoms with E-state index in [2.05, 4.69) is 16.4 Å². The average Bonchev–Trinajstić information content (AvgIpc) is 3.13. The molecule has 1 aliphatic carbocycles. The van der Waals surface area contributed by atoms with Gasteiger partial charge in [0, 0.05) is 16.8 Å². The van der Waals surface area contributed by atoms with Gasteiger partial charge in [-0.3, -0.25) is 9.78 Å². The highest BCUT2D eigenvalue weighted by molar-refractivity contribution is 6.04. The first kappa shape index (κ1) is 18.2. The number of hydrogen-bond donors (Lipinski definition) is 1. The molecule has 0 bridgehead atoms. The number of fused-ring (bicyclic) bond motifs is 2. The molecule has 1 amide bonds. The van der Waals surface area contributed by atoms with E-state index in [0.717, 1.165) is 47.1 Å². The Morgan fingerprint density at radius 3 is 2.71 bits per heavy atom. The zero-order chi connectivity index (χ0) is 19.7. The predicted molar refractivity (Wildman–Crippen MR) is 109 cm³/mol. The summed E-state index contributed by atoms with van der Waals surface area (Å²) in [6.45, 7) is 3.46. The van der Waals surface area contributed by atoms with E-state index in [4.69, 9.17) is 4.74 Å². The molecule has 142 valence electrons. The quantitative estimate of drug-likeness (QED) is 0.697. The third kappa shape index (κ3) is 3.74. The molecule has 5 heteroatoms.